The minimum Gasteiger partial charge on any atom is -0.355 e. The molecule has 1 unspecified atom stereocenters. The second kappa shape index (κ2) is 3.41. The third-order valence-electron chi connectivity index (χ3n) is 1.65. The summed E-state index contributed by atoms with van der Waals surface area (Å²) in [6.07, 6.45) is -1.02. The fourth-order valence-corrected chi connectivity index (χ4v) is 1.33. The molecule has 0 radical (unpaired) electrons. The molecule has 0 fully saturated rings. The average Bonchev–Trinajstić information content (AvgIpc) is 1.82. The Bertz CT molecular complexity index is 227. The van der Waals surface area contributed by atoms with Crippen molar-refractivity contribution in [3.05, 3.63) is 0 Å². The Morgan fingerprint density at radius 3 is 2.75 bits per heavy atom. The van der Waals surface area contributed by atoms with Crippen LogP contribution in [0.25, 0.3) is 0 Å². The van der Waals surface area contributed by atoms with Crippen LogP contribution >= 0.6 is 11.6 Å². The summed E-state index contributed by atoms with van der Waals surface area (Å²) < 4.78 is 0. The molecule has 68 valence electrons. The third-order valence-corrected chi connectivity index (χ3v) is 1.88. The first-order valence-corrected chi connectivity index (χ1v) is 4.11. The first-order valence-electron chi connectivity index (χ1n) is 3.73. The van der Waals surface area contributed by atoms with Crippen LogP contribution in [-0.4, -0.2) is 33.5 Å². The Morgan fingerprint density at radius 1 is 1.75 bits per heavy atom. The molecule has 1 aliphatic rings. The highest BCUT2D eigenvalue weighted by molar-refractivity contribution is 6.67. The summed E-state index contributed by atoms with van der Waals surface area (Å²) in [5.74, 6) is -0.183. The smallest absolute Gasteiger partial charge is 0.233 e. The zero-order valence-electron chi connectivity index (χ0n) is 6.99. The quantitative estimate of drug-likeness (QED) is 0.656. The molecule has 1 rings (SSSR count). The van der Waals surface area contributed by atoms with Gasteiger partial charge in [0.05, 0.1) is 6.42 Å². The predicted molar refractivity (Wildman–Crippen MR) is 45.9 cm³/mol. The Morgan fingerprint density at radius 2 is 2.33 bits per heavy atom. The Kier molecular flexibility index (Phi) is 2.69. The van der Waals surface area contributed by atoms with Crippen molar-refractivity contribution in [1.82, 2.24) is 4.90 Å². The summed E-state index contributed by atoms with van der Waals surface area (Å²) in [6.45, 7) is 3.63. The fourth-order valence-electron chi connectivity index (χ4n) is 1.13. The van der Waals surface area contributed by atoms with Gasteiger partial charge < -0.3 is 5.11 Å². The fraction of sp³-hybridized carbons (Fsp3) is 0.714. The van der Waals surface area contributed by atoms with Crippen LogP contribution in [0.15, 0.2) is 4.99 Å². The summed E-state index contributed by atoms with van der Waals surface area (Å²) in [4.78, 5) is 16.2. The highest BCUT2D eigenvalue weighted by Gasteiger charge is 2.28. The molecule has 1 amide bonds. The van der Waals surface area contributed by atoms with Gasteiger partial charge in [0.15, 0.2) is 0 Å². The lowest BCUT2D eigenvalue weighted by atomic mass is 10.2. The Hall–Kier alpha value is -0.610. The van der Waals surface area contributed by atoms with Crippen LogP contribution in [0.4, 0.5) is 0 Å². The van der Waals surface area contributed by atoms with Crippen LogP contribution in [0.3, 0.4) is 0 Å². The van der Waals surface area contributed by atoms with Gasteiger partial charge in [-0.3, -0.25) is 9.69 Å². The molecule has 1 atom stereocenters. The van der Waals surface area contributed by atoms with Crippen LogP contribution in [-0.2, 0) is 4.79 Å². The van der Waals surface area contributed by atoms with Crippen LogP contribution in [0.1, 0.15) is 20.3 Å². The summed E-state index contributed by atoms with van der Waals surface area (Å²) >= 11 is 5.52. The van der Waals surface area contributed by atoms with Crippen LogP contribution in [0.5, 0.6) is 0 Å². The van der Waals surface area contributed by atoms with Crippen molar-refractivity contribution in [2.75, 3.05) is 0 Å². The number of carbonyl (C=O) groups excluding carboxylic acids is 1. The van der Waals surface area contributed by atoms with E-state index < -0.39 is 6.35 Å². The molecular formula is C7H11ClN2O2. The lowest BCUT2D eigenvalue weighted by Crippen LogP contribution is -2.47. The van der Waals surface area contributed by atoms with Crippen molar-refractivity contribution in [2.24, 2.45) is 4.99 Å². The van der Waals surface area contributed by atoms with Gasteiger partial charge in [-0.25, -0.2) is 4.99 Å². The van der Waals surface area contributed by atoms with Gasteiger partial charge in [0.1, 0.15) is 5.17 Å². The van der Waals surface area contributed by atoms with Crippen molar-refractivity contribution >= 4 is 22.7 Å². The Balaban J connectivity index is 2.83. The molecule has 1 N–H and O–H groups in total. The van der Waals surface area contributed by atoms with Gasteiger partial charge >= 0.3 is 0 Å². The molecule has 5 heteroatoms. The van der Waals surface area contributed by atoms with Crippen molar-refractivity contribution < 1.29 is 9.90 Å². The maximum Gasteiger partial charge on any atom is 0.233 e. The molecule has 1 aliphatic heterocycles. The van der Waals surface area contributed by atoms with Gasteiger partial charge in [-0.2, -0.15) is 0 Å². The number of aliphatic hydroxyl groups excluding tert-OH is 1. The molecular weight excluding hydrogens is 180 g/mol. The molecule has 1 heterocycles. The van der Waals surface area contributed by atoms with Gasteiger partial charge in [-0.05, 0) is 13.8 Å². The number of aliphatic imine (C=N–C) groups is 1. The third kappa shape index (κ3) is 1.76. The maximum absolute atomic E-state index is 11.3. The summed E-state index contributed by atoms with van der Waals surface area (Å²) in [5.41, 5.74) is 0. The molecule has 0 saturated heterocycles. The number of nitrogens with zero attached hydrogens (tertiary/aromatic N) is 2. The van der Waals surface area contributed by atoms with E-state index in [1.54, 1.807) is 0 Å². The van der Waals surface area contributed by atoms with E-state index in [2.05, 4.69) is 4.99 Å². The van der Waals surface area contributed by atoms with Gasteiger partial charge in [0, 0.05) is 6.04 Å². The first-order chi connectivity index (χ1) is 5.52. The van der Waals surface area contributed by atoms with Gasteiger partial charge in [-0.1, -0.05) is 11.6 Å². The standard InChI is InChI=1S/C7H11ClN2O2/c1-4(2)10-6(11)3-5(8)9-7(10)12/h4,7,12H,3H2,1-2H3. The van der Waals surface area contributed by atoms with Crippen molar-refractivity contribution in [2.45, 2.75) is 32.7 Å². The summed E-state index contributed by atoms with van der Waals surface area (Å²) in [6, 6.07) is -0.0546. The molecule has 0 spiro atoms. The van der Waals surface area contributed by atoms with E-state index in [0.29, 0.717) is 0 Å². The van der Waals surface area contributed by atoms with E-state index in [9.17, 15) is 9.90 Å². The SMILES string of the molecule is CC(C)N1C(=O)CC(Cl)=NC1O. The molecule has 0 aliphatic carbocycles. The average molecular weight is 191 g/mol. The van der Waals surface area contributed by atoms with Crippen molar-refractivity contribution in [3.63, 3.8) is 0 Å². The second-order valence-corrected chi connectivity index (χ2v) is 3.36. The van der Waals surface area contributed by atoms with E-state index in [4.69, 9.17) is 11.6 Å². The van der Waals surface area contributed by atoms with Gasteiger partial charge in [-0.15, -0.1) is 0 Å². The van der Waals surface area contributed by atoms with E-state index in [0.717, 1.165) is 0 Å². The number of halogens is 1. The summed E-state index contributed by atoms with van der Waals surface area (Å²) in [5, 5.41) is 9.48. The second-order valence-electron chi connectivity index (χ2n) is 2.92. The van der Waals surface area contributed by atoms with Crippen LogP contribution in [0.2, 0.25) is 0 Å². The molecule has 0 aromatic carbocycles. The normalized spacial score (nSPS) is 24.8. The number of hydrogen-bond acceptors (Lipinski definition) is 3. The zero-order chi connectivity index (χ0) is 9.30. The zero-order valence-corrected chi connectivity index (χ0v) is 7.75. The first kappa shape index (κ1) is 9.48. The van der Waals surface area contributed by atoms with E-state index >= 15 is 0 Å². The Labute approximate surface area is 75.8 Å². The highest BCUT2D eigenvalue weighted by Crippen LogP contribution is 2.15. The number of carbonyl (C=O) groups is 1. The minimum atomic E-state index is -1.11. The number of aliphatic hydroxyl groups is 1. The molecule has 0 saturated carbocycles. The number of amides is 1. The predicted octanol–water partition coefficient (Wildman–Crippen LogP) is 0.540. The highest BCUT2D eigenvalue weighted by atomic mass is 35.5. The monoisotopic (exact) mass is 190 g/mol. The molecule has 12 heavy (non-hydrogen) atoms. The largest absolute Gasteiger partial charge is 0.355 e. The van der Waals surface area contributed by atoms with E-state index in [1.165, 1.54) is 4.90 Å². The van der Waals surface area contributed by atoms with E-state index in [1.807, 2.05) is 13.8 Å². The number of hydrogen-bond donors (Lipinski definition) is 1. The minimum absolute atomic E-state index is 0.0546. The molecule has 0 bridgehead atoms. The topological polar surface area (TPSA) is 52.9 Å². The lowest BCUT2D eigenvalue weighted by molar-refractivity contribution is -0.143. The molecule has 0 aromatic rings. The molecule has 0 aromatic heterocycles. The number of rotatable bonds is 1. The maximum atomic E-state index is 11.3. The van der Waals surface area contributed by atoms with Gasteiger partial charge in [0.2, 0.25) is 12.3 Å². The van der Waals surface area contributed by atoms with Crippen LogP contribution in [0, 0.1) is 0 Å². The van der Waals surface area contributed by atoms with Gasteiger partial charge in [0.25, 0.3) is 0 Å². The van der Waals surface area contributed by atoms with Crippen LogP contribution < -0.4 is 0 Å². The lowest BCUT2D eigenvalue weighted by Gasteiger charge is -2.31. The van der Waals surface area contributed by atoms with Crippen molar-refractivity contribution in [1.29, 1.82) is 0 Å². The van der Waals surface area contributed by atoms with E-state index in [-0.39, 0.29) is 23.5 Å². The van der Waals surface area contributed by atoms with Crippen molar-refractivity contribution in [3.8, 4) is 0 Å². The summed E-state index contributed by atoms with van der Waals surface area (Å²) in [7, 11) is 0. The molecule has 4 nitrogen and oxygen atoms in total.